The van der Waals surface area contributed by atoms with Gasteiger partial charge in [-0.05, 0) is 38.4 Å². The Bertz CT molecular complexity index is 419. The van der Waals surface area contributed by atoms with Crippen molar-refractivity contribution < 1.29 is 0 Å². The quantitative estimate of drug-likeness (QED) is 0.749. The smallest absolute Gasteiger partial charge is 0.228 e. The van der Waals surface area contributed by atoms with Crippen molar-refractivity contribution in [2.75, 3.05) is 16.9 Å². The van der Waals surface area contributed by atoms with Crippen LogP contribution in [0.3, 0.4) is 0 Å². The Morgan fingerprint density at radius 2 is 1.84 bits per heavy atom. The predicted molar refractivity (Wildman–Crippen MR) is 80.8 cm³/mol. The zero-order valence-corrected chi connectivity index (χ0v) is 12.9. The van der Waals surface area contributed by atoms with Gasteiger partial charge in [0.1, 0.15) is 0 Å². The van der Waals surface area contributed by atoms with Crippen LogP contribution in [0.1, 0.15) is 40.0 Å². The maximum Gasteiger partial charge on any atom is 0.228 e. The van der Waals surface area contributed by atoms with Crippen molar-refractivity contribution in [3.05, 3.63) is 0 Å². The lowest BCUT2D eigenvalue weighted by atomic mass is 10.1. The average Bonchev–Trinajstić information content (AvgIpc) is 3.11. The molecule has 5 nitrogen and oxygen atoms in total. The molecule has 0 aliphatic heterocycles. The first-order valence-corrected chi connectivity index (χ1v) is 8.12. The second kappa shape index (κ2) is 6.41. The molecule has 106 valence electrons. The molecule has 1 saturated carbocycles. The molecule has 1 aliphatic rings. The third-order valence-electron chi connectivity index (χ3n) is 2.91. The van der Waals surface area contributed by atoms with E-state index in [2.05, 4.69) is 46.4 Å². The maximum atomic E-state index is 4.45. The molecule has 1 aromatic rings. The van der Waals surface area contributed by atoms with Crippen LogP contribution in [0.25, 0.3) is 0 Å². The lowest BCUT2D eigenvalue weighted by molar-refractivity contribution is 0.537. The molecule has 0 aromatic carbocycles. The van der Waals surface area contributed by atoms with E-state index in [9.17, 15) is 0 Å². The number of rotatable bonds is 7. The molecule has 0 saturated heterocycles. The van der Waals surface area contributed by atoms with Crippen LogP contribution in [0.5, 0.6) is 0 Å². The van der Waals surface area contributed by atoms with E-state index in [0.717, 1.165) is 11.6 Å². The van der Waals surface area contributed by atoms with Crippen LogP contribution in [0.2, 0.25) is 0 Å². The van der Waals surface area contributed by atoms with Crippen LogP contribution < -0.4 is 10.6 Å². The molecular weight excluding hydrogens is 258 g/mol. The fourth-order valence-corrected chi connectivity index (χ4v) is 2.33. The summed E-state index contributed by atoms with van der Waals surface area (Å²) in [5.41, 5.74) is 0. The minimum absolute atomic E-state index is 0.367. The fraction of sp³-hybridized carbons (Fsp3) is 0.769. The third kappa shape index (κ3) is 4.86. The predicted octanol–water partition coefficient (Wildman–Crippen LogP) is 3.01. The van der Waals surface area contributed by atoms with Crippen LogP contribution in [0, 0.1) is 5.92 Å². The summed E-state index contributed by atoms with van der Waals surface area (Å²) in [7, 11) is 0. The summed E-state index contributed by atoms with van der Waals surface area (Å²) in [4.78, 5) is 13.3. The van der Waals surface area contributed by atoms with E-state index in [-0.39, 0.29) is 0 Å². The van der Waals surface area contributed by atoms with Gasteiger partial charge in [0.05, 0.1) is 0 Å². The number of nitrogens with one attached hydrogen (secondary N) is 2. The van der Waals surface area contributed by atoms with Crippen molar-refractivity contribution in [1.82, 2.24) is 15.0 Å². The van der Waals surface area contributed by atoms with Crippen molar-refractivity contribution in [2.45, 2.75) is 57.3 Å². The number of anilines is 2. The van der Waals surface area contributed by atoms with Crippen molar-refractivity contribution in [3.63, 3.8) is 0 Å². The van der Waals surface area contributed by atoms with Crippen molar-refractivity contribution in [1.29, 1.82) is 0 Å². The van der Waals surface area contributed by atoms with Gasteiger partial charge < -0.3 is 10.6 Å². The lowest BCUT2D eigenvalue weighted by Crippen LogP contribution is -2.20. The molecule has 6 heteroatoms. The summed E-state index contributed by atoms with van der Waals surface area (Å²) in [6, 6.07) is 0.920. The van der Waals surface area contributed by atoms with Crippen molar-refractivity contribution in [2.24, 2.45) is 5.92 Å². The molecule has 1 aliphatic carbocycles. The van der Waals surface area contributed by atoms with Gasteiger partial charge in [0.15, 0.2) is 5.16 Å². The molecule has 1 atom stereocenters. The molecule has 19 heavy (non-hydrogen) atoms. The molecule has 0 amide bonds. The third-order valence-corrected chi connectivity index (χ3v) is 3.46. The summed E-state index contributed by atoms with van der Waals surface area (Å²) < 4.78 is 0. The van der Waals surface area contributed by atoms with Gasteiger partial charge in [0.2, 0.25) is 11.9 Å². The Balaban J connectivity index is 2.04. The Morgan fingerprint density at radius 1 is 1.16 bits per heavy atom. The molecule has 0 radical (unpaired) electrons. The van der Waals surface area contributed by atoms with Crippen LogP contribution in [-0.2, 0) is 0 Å². The molecule has 1 heterocycles. The molecule has 0 spiro atoms. The monoisotopic (exact) mass is 281 g/mol. The number of hydrogen-bond acceptors (Lipinski definition) is 6. The number of hydrogen-bond donors (Lipinski definition) is 2. The van der Waals surface area contributed by atoms with E-state index in [0.29, 0.717) is 29.9 Å². The molecule has 1 aromatic heterocycles. The topological polar surface area (TPSA) is 62.7 Å². The summed E-state index contributed by atoms with van der Waals surface area (Å²) >= 11 is 1.54. The molecular formula is C13H23N5S. The second-order valence-electron chi connectivity index (χ2n) is 5.56. The van der Waals surface area contributed by atoms with Crippen LogP contribution in [0.15, 0.2) is 5.16 Å². The highest BCUT2D eigenvalue weighted by Crippen LogP contribution is 2.24. The molecule has 0 bridgehead atoms. The summed E-state index contributed by atoms with van der Waals surface area (Å²) in [6.07, 6.45) is 5.52. The van der Waals surface area contributed by atoms with Crippen LogP contribution in [-0.4, -0.2) is 33.3 Å². The molecule has 1 fully saturated rings. The number of thioether (sulfide) groups is 1. The van der Waals surface area contributed by atoms with Crippen LogP contribution >= 0.6 is 11.8 Å². The fourth-order valence-electron chi connectivity index (χ4n) is 1.97. The second-order valence-corrected chi connectivity index (χ2v) is 6.34. The van der Waals surface area contributed by atoms with E-state index in [1.54, 1.807) is 11.8 Å². The van der Waals surface area contributed by atoms with Gasteiger partial charge >= 0.3 is 0 Å². The minimum atomic E-state index is 0.367. The molecule has 1 unspecified atom stereocenters. The zero-order valence-electron chi connectivity index (χ0n) is 12.1. The Morgan fingerprint density at radius 3 is 2.42 bits per heavy atom. The van der Waals surface area contributed by atoms with Crippen LogP contribution in [0.4, 0.5) is 11.9 Å². The first kappa shape index (κ1) is 14.4. The van der Waals surface area contributed by atoms with Gasteiger partial charge in [-0.3, -0.25) is 0 Å². The van der Waals surface area contributed by atoms with E-state index in [4.69, 9.17) is 0 Å². The van der Waals surface area contributed by atoms with E-state index in [1.165, 1.54) is 12.8 Å². The minimum Gasteiger partial charge on any atom is -0.352 e. The van der Waals surface area contributed by atoms with Crippen molar-refractivity contribution >= 4 is 23.7 Å². The largest absolute Gasteiger partial charge is 0.352 e. The highest BCUT2D eigenvalue weighted by atomic mass is 32.2. The first-order chi connectivity index (χ1) is 9.06. The number of nitrogens with zero attached hydrogens (tertiary/aromatic N) is 3. The Kier molecular flexibility index (Phi) is 4.85. The van der Waals surface area contributed by atoms with Gasteiger partial charge in [-0.15, -0.1) is 0 Å². The Labute approximate surface area is 119 Å². The highest BCUT2D eigenvalue weighted by molar-refractivity contribution is 7.98. The normalized spacial score (nSPS) is 16.5. The van der Waals surface area contributed by atoms with Gasteiger partial charge in [-0.1, -0.05) is 25.6 Å². The Hall–Kier alpha value is -1.04. The standard InChI is InChI=1S/C13H23N5S/c1-8(2)7-9(3)14-11-16-12(15-10-5-6-10)18-13(17-11)19-4/h8-10H,5-7H2,1-4H3,(H2,14,15,16,17,18). The summed E-state index contributed by atoms with van der Waals surface area (Å²) in [5, 5.41) is 7.46. The SMILES string of the molecule is CSc1nc(NC(C)CC(C)C)nc(NC2CC2)n1. The highest BCUT2D eigenvalue weighted by Gasteiger charge is 2.22. The van der Waals surface area contributed by atoms with E-state index in [1.807, 2.05) is 6.26 Å². The lowest BCUT2D eigenvalue weighted by Gasteiger charge is -2.16. The van der Waals surface area contributed by atoms with E-state index < -0.39 is 0 Å². The van der Waals surface area contributed by atoms with Gasteiger partial charge in [0.25, 0.3) is 0 Å². The van der Waals surface area contributed by atoms with E-state index >= 15 is 0 Å². The molecule has 2 N–H and O–H groups in total. The summed E-state index contributed by atoms with van der Waals surface area (Å²) in [5.74, 6) is 2.03. The average molecular weight is 281 g/mol. The van der Waals surface area contributed by atoms with Gasteiger partial charge in [-0.2, -0.15) is 15.0 Å². The van der Waals surface area contributed by atoms with Gasteiger partial charge in [-0.25, -0.2) is 0 Å². The van der Waals surface area contributed by atoms with Gasteiger partial charge in [0, 0.05) is 12.1 Å². The molecule has 2 rings (SSSR count). The first-order valence-electron chi connectivity index (χ1n) is 6.90. The maximum absolute atomic E-state index is 4.45. The van der Waals surface area contributed by atoms with Crippen molar-refractivity contribution in [3.8, 4) is 0 Å². The summed E-state index contributed by atoms with van der Waals surface area (Å²) in [6.45, 7) is 6.61. The number of aromatic nitrogens is 3. The zero-order chi connectivity index (χ0) is 13.8.